The van der Waals surface area contributed by atoms with Gasteiger partial charge in [-0.1, -0.05) is 47.3 Å². The number of halogens is 2. The first-order valence-corrected chi connectivity index (χ1v) is 7.84. The Balaban J connectivity index is 2.29. The number of nitriles is 1. The molecule has 2 rings (SSSR count). The molecule has 0 spiro atoms. The van der Waals surface area contributed by atoms with Crippen molar-refractivity contribution in [3.8, 4) is 24.2 Å². The second kappa shape index (κ2) is 8.80. The topological polar surface area (TPSA) is 62.1 Å². The molecule has 25 heavy (non-hydrogen) atoms. The fraction of sp³-hybridized carbons (Fsp3) is 0.0526. The van der Waals surface area contributed by atoms with Gasteiger partial charge in [0, 0.05) is 10.6 Å². The fourth-order valence-electron chi connectivity index (χ4n) is 1.94. The normalized spacial score (nSPS) is 10.5. The lowest BCUT2D eigenvalue weighted by atomic mass is 10.1. The predicted molar refractivity (Wildman–Crippen MR) is 99.5 cm³/mol. The zero-order valence-corrected chi connectivity index (χ0v) is 14.4. The van der Waals surface area contributed by atoms with E-state index in [4.69, 9.17) is 34.4 Å². The van der Waals surface area contributed by atoms with Gasteiger partial charge in [-0.3, -0.25) is 4.79 Å². The van der Waals surface area contributed by atoms with E-state index in [1.807, 2.05) is 6.07 Å². The Morgan fingerprint density at radius 3 is 2.76 bits per heavy atom. The van der Waals surface area contributed by atoms with E-state index >= 15 is 0 Å². The van der Waals surface area contributed by atoms with Crippen LogP contribution in [0.2, 0.25) is 10.0 Å². The highest BCUT2D eigenvalue weighted by molar-refractivity contribution is 6.36. The van der Waals surface area contributed by atoms with Crippen LogP contribution >= 0.6 is 23.2 Å². The van der Waals surface area contributed by atoms with Crippen LogP contribution in [0.25, 0.3) is 6.08 Å². The first-order chi connectivity index (χ1) is 12.0. The zero-order chi connectivity index (χ0) is 18.2. The monoisotopic (exact) mass is 370 g/mol. The van der Waals surface area contributed by atoms with Crippen molar-refractivity contribution in [1.82, 2.24) is 0 Å². The summed E-state index contributed by atoms with van der Waals surface area (Å²) in [4.78, 5) is 12.4. The lowest BCUT2D eigenvalue weighted by molar-refractivity contribution is -0.112. The van der Waals surface area contributed by atoms with Gasteiger partial charge in [0.25, 0.3) is 5.91 Å². The highest BCUT2D eigenvalue weighted by atomic mass is 35.5. The molecule has 0 unspecified atom stereocenters. The minimum atomic E-state index is -0.613. The number of ether oxygens (including phenoxy) is 1. The molecule has 1 amide bonds. The summed E-state index contributed by atoms with van der Waals surface area (Å²) in [7, 11) is 0. The van der Waals surface area contributed by atoms with E-state index in [9.17, 15) is 10.1 Å². The molecule has 0 aromatic heterocycles. The molecule has 6 heteroatoms. The molecule has 0 saturated carbocycles. The summed E-state index contributed by atoms with van der Waals surface area (Å²) in [5.74, 6) is 2.22. The van der Waals surface area contributed by atoms with Gasteiger partial charge in [-0.05, 0) is 30.3 Å². The number of carbonyl (C=O) groups excluding carboxylic acids is 1. The SMILES string of the molecule is C#CCOc1ccccc1/C=C(\C#N)C(=O)Nc1cc(Cl)ccc1Cl. The largest absolute Gasteiger partial charge is 0.480 e. The average Bonchev–Trinajstić information content (AvgIpc) is 2.61. The molecular formula is C19H12Cl2N2O2. The maximum Gasteiger partial charge on any atom is 0.266 e. The number of hydrogen-bond donors (Lipinski definition) is 1. The van der Waals surface area contributed by atoms with Crippen molar-refractivity contribution < 1.29 is 9.53 Å². The van der Waals surface area contributed by atoms with Crippen LogP contribution in [0.3, 0.4) is 0 Å². The minimum absolute atomic E-state index is 0.0804. The van der Waals surface area contributed by atoms with E-state index < -0.39 is 5.91 Å². The standard InChI is InChI=1S/C19H12Cl2N2O2/c1-2-9-25-18-6-4-3-5-13(18)10-14(12-22)19(24)23-17-11-15(20)7-8-16(17)21/h1,3-8,10-11H,9H2,(H,23,24)/b14-10+. The van der Waals surface area contributed by atoms with Crippen molar-refractivity contribution in [3.63, 3.8) is 0 Å². The Bertz CT molecular complexity index is 908. The van der Waals surface area contributed by atoms with E-state index in [0.29, 0.717) is 27.0 Å². The lowest BCUT2D eigenvalue weighted by Crippen LogP contribution is -2.13. The zero-order valence-electron chi connectivity index (χ0n) is 12.9. The highest BCUT2D eigenvalue weighted by Crippen LogP contribution is 2.26. The number of terminal acetylenes is 1. The molecule has 0 bridgehead atoms. The third kappa shape index (κ3) is 5.02. The Morgan fingerprint density at radius 1 is 1.28 bits per heavy atom. The van der Waals surface area contributed by atoms with Gasteiger partial charge in [0.1, 0.15) is 24.0 Å². The molecule has 1 N–H and O–H groups in total. The molecule has 2 aromatic carbocycles. The summed E-state index contributed by atoms with van der Waals surface area (Å²) in [5, 5.41) is 12.6. The van der Waals surface area contributed by atoms with Crippen LogP contribution in [0, 0.1) is 23.7 Å². The molecule has 0 aliphatic rings. The van der Waals surface area contributed by atoms with Gasteiger partial charge in [0.15, 0.2) is 0 Å². The molecule has 0 saturated heterocycles. The van der Waals surface area contributed by atoms with Gasteiger partial charge in [-0.15, -0.1) is 6.42 Å². The molecule has 0 fully saturated rings. The summed E-state index contributed by atoms with van der Waals surface area (Å²) in [5.41, 5.74) is 0.756. The maximum atomic E-state index is 12.4. The number of nitrogens with zero attached hydrogens (tertiary/aromatic N) is 1. The van der Waals surface area contributed by atoms with E-state index in [-0.39, 0.29) is 12.2 Å². The molecule has 0 radical (unpaired) electrons. The lowest BCUT2D eigenvalue weighted by Gasteiger charge is -2.08. The van der Waals surface area contributed by atoms with Crippen LogP contribution in [-0.2, 0) is 4.79 Å². The van der Waals surface area contributed by atoms with Crippen LogP contribution in [0.5, 0.6) is 5.75 Å². The number of para-hydroxylation sites is 1. The summed E-state index contributed by atoms with van der Waals surface area (Å²) in [6.07, 6.45) is 6.60. The van der Waals surface area contributed by atoms with Gasteiger partial charge in [-0.25, -0.2) is 0 Å². The molecule has 0 aliphatic carbocycles. The molecule has 0 heterocycles. The Labute approximate surface area is 155 Å². The quantitative estimate of drug-likeness (QED) is 0.477. The van der Waals surface area contributed by atoms with Crippen LogP contribution < -0.4 is 10.1 Å². The van der Waals surface area contributed by atoms with Crippen molar-refractivity contribution in [3.05, 3.63) is 63.6 Å². The molecule has 0 atom stereocenters. The van der Waals surface area contributed by atoms with Gasteiger partial charge in [-0.2, -0.15) is 5.26 Å². The van der Waals surface area contributed by atoms with Crippen molar-refractivity contribution >= 4 is 40.9 Å². The van der Waals surface area contributed by atoms with Gasteiger partial charge in [0.05, 0.1) is 10.7 Å². The van der Waals surface area contributed by atoms with Crippen LogP contribution in [0.4, 0.5) is 5.69 Å². The second-order valence-electron chi connectivity index (χ2n) is 4.78. The first kappa shape index (κ1) is 18.4. The highest BCUT2D eigenvalue weighted by Gasteiger charge is 2.13. The van der Waals surface area contributed by atoms with Crippen LogP contribution in [0.15, 0.2) is 48.0 Å². The van der Waals surface area contributed by atoms with Crippen molar-refractivity contribution in [1.29, 1.82) is 5.26 Å². The number of amides is 1. The van der Waals surface area contributed by atoms with E-state index in [0.717, 1.165) is 0 Å². The number of anilines is 1. The third-order valence-corrected chi connectivity index (χ3v) is 3.64. The summed E-state index contributed by atoms with van der Waals surface area (Å²) in [6.45, 7) is 0.0804. The maximum absolute atomic E-state index is 12.4. The van der Waals surface area contributed by atoms with Crippen molar-refractivity contribution in [2.45, 2.75) is 0 Å². The van der Waals surface area contributed by atoms with Gasteiger partial charge < -0.3 is 10.1 Å². The summed E-state index contributed by atoms with van der Waals surface area (Å²) in [6, 6.07) is 13.5. The van der Waals surface area contributed by atoms with Crippen LogP contribution in [0.1, 0.15) is 5.56 Å². The molecular weight excluding hydrogens is 359 g/mol. The summed E-state index contributed by atoms with van der Waals surface area (Å²) < 4.78 is 5.40. The second-order valence-corrected chi connectivity index (χ2v) is 5.62. The number of nitrogens with one attached hydrogen (secondary N) is 1. The van der Waals surface area contributed by atoms with Gasteiger partial charge in [0.2, 0.25) is 0 Å². The minimum Gasteiger partial charge on any atom is -0.480 e. The number of carbonyl (C=O) groups is 1. The smallest absolute Gasteiger partial charge is 0.266 e. The van der Waals surface area contributed by atoms with Crippen molar-refractivity contribution in [2.24, 2.45) is 0 Å². The van der Waals surface area contributed by atoms with E-state index in [1.165, 1.54) is 12.1 Å². The first-order valence-electron chi connectivity index (χ1n) is 7.08. The van der Waals surface area contributed by atoms with E-state index in [1.54, 1.807) is 36.4 Å². The molecule has 2 aromatic rings. The predicted octanol–water partition coefficient (Wildman–Crippen LogP) is 4.55. The number of benzene rings is 2. The fourth-order valence-corrected chi connectivity index (χ4v) is 2.27. The Kier molecular flexibility index (Phi) is 6.48. The molecule has 124 valence electrons. The average molecular weight is 371 g/mol. The Morgan fingerprint density at radius 2 is 2.04 bits per heavy atom. The van der Waals surface area contributed by atoms with Gasteiger partial charge >= 0.3 is 0 Å². The Hall–Kier alpha value is -2.92. The number of hydrogen-bond acceptors (Lipinski definition) is 3. The molecule has 4 nitrogen and oxygen atoms in total. The summed E-state index contributed by atoms with van der Waals surface area (Å²) >= 11 is 11.9. The third-order valence-electron chi connectivity index (χ3n) is 3.07. The van der Waals surface area contributed by atoms with Crippen molar-refractivity contribution in [2.75, 3.05) is 11.9 Å². The van der Waals surface area contributed by atoms with E-state index in [2.05, 4.69) is 11.2 Å². The van der Waals surface area contributed by atoms with Crippen LogP contribution in [-0.4, -0.2) is 12.5 Å². The number of rotatable bonds is 5. The molecule has 0 aliphatic heterocycles.